The predicted octanol–water partition coefficient (Wildman–Crippen LogP) is 1.76. The standard InChI is InChI=1S/C14H16N2O4S/c1-15-12-2-4-13(5-3-12)21(17,18)16-8-6-14(7-9-16)19-10-11-20-14/h2-5H,6-11H2. The lowest BCUT2D eigenvalue weighted by atomic mass is 10.1. The van der Waals surface area contributed by atoms with Gasteiger partial charge in [-0.05, 0) is 0 Å². The van der Waals surface area contributed by atoms with Gasteiger partial charge >= 0.3 is 0 Å². The van der Waals surface area contributed by atoms with Crippen molar-refractivity contribution in [3.05, 3.63) is 35.7 Å². The van der Waals surface area contributed by atoms with E-state index in [1.165, 1.54) is 28.6 Å². The minimum absolute atomic E-state index is 0.221. The second kappa shape index (κ2) is 5.39. The fraction of sp³-hybridized carbons (Fsp3) is 0.500. The van der Waals surface area contributed by atoms with Crippen molar-refractivity contribution in [2.24, 2.45) is 0 Å². The third-order valence-corrected chi connectivity index (χ3v) is 5.81. The minimum atomic E-state index is -3.51. The van der Waals surface area contributed by atoms with Crippen LogP contribution in [0, 0.1) is 6.57 Å². The van der Waals surface area contributed by atoms with Gasteiger partial charge in [0.15, 0.2) is 11.5 Å². The molecule has 2 aliphatic rings. The lowest BCUT2D eigenvalue weighted by molar-refractivity contribution is -0.179. The van der Waals surface area contributed by atoms with Crippen LogP contribution >= 0.6 is 0 Å². The molecule has 1 spiro atoms. The van der Waals surface area contributed by atoms with Gasteiger partial charge in [0.2, 0.25) is 10.0 Å². The maximum Gasteiger partial charge on any atom is 0.242 e. The Kier molecular flexibility index (Phi) is 3.71. The Morgan fingerprint density at radius 2 is 1.67 bits per heavy atom. The molecule has 0 unspecified atom stereocenters. The third-order valence-electron chi connectivity index (χ3n) is 3.90. The lowest BCUT2D eigenvalue weighted by Gasteiger charge is -2.36. The summed E-state index contributed by atoms with van der Waals surface area (Å²) in [6.07, 6.45) is 1.10. The fourth-order valence-corrected chi connectivity index (χ4v) is 4.14. The monoisotopic (exact) mass is 308 g/mol. The molecule has 0 aliphatic carbocycles. The van der Waals surface area contributed by atoms with E-state index in [-0.39, 0.29) is 4.90 Å². The minimum Gasteiger partial charge on any atom is -0.347 e. The van der Waals surface area contributed by atoms with Crippen molar-refractivity contribution in [2.45, 2.75) is 23.5 Å². The molecule has 6 nitrogen and oxygen atoms in total. The summed E-state index contributed by atoms with van der Waals surface area (Å²) in [6, 6.07) is 6.01. The Bertz CT molecular complexity index is 647. The first-order valence-electron chi connectivity index (χ1n) is 6.81. The van der Waals surface area contributed by atoms with Gasteiger partial charge in [0.1, 0.15) is 0 Å². The highest BCUT2D eigenvalue weighted by molar-refractivity contribution is 7.89. The van der Waals surface area contributed by atoms with E-state index in [1.54, 1.807) is 0 Å². The summed E-state index contributed by atoms with van der Waals surface area (Å²) in [6.45, 7) is 8.81. The molecule has 0 N–H and O–H groups in total. The number of benzene rings is 1. The van der Waals surface area contributed by atoms with Crippen molar-refractivity contribution in [3.8, 4) is 0 Å². The highest BCUT2D eigenvalue weighted by Crippen LogP contribution is 2.33. The van der Waals surface area contributed by atoms with Crippen LogP contribution in [0.5, 0.6) is 0 Å². The van der Waals surface area contributed by atoms with Gasteiger partial charge < -0.3 is 9.47 Å². The van der Waals surface area contributed by atoms with Crippen LogP contribution in [0.15, 0.2) is 29.2 Å². The van der Waals surface area contributed by atoms with Gasteiger partial charge in [-0.3, -0.25) is 0 Å². The molecule has 2 saturated heterocycles. The van der Waals surface area contributed by atoms with E-state index in [1.807, 2.05) is 0 Å². The summed E-state index contributed by atoms with van der Waals surface area (Å²) < 4.78 is 37.8. The van der Waals surface area contributed by atoms with E-state index < -0.39 is 15.8 Å². The maximum absolute atomic E-state index is 12.6. The molecular formula is C14H16N2O4S. The highest BCUT2D eigenvalue weighted by Gasteiger charge is 2.42. The zero-order chi connectivity index (χ0) is 14.9. The predicted molar refractivity (Wildman–Crippen MR) is 75.3 cm³/mol. The maximum atomic E-state index is 12.6. The van der Waals surface area contributed by atoms with Crippen molar-refractivity contribution in [2.75, 3.05) is 26.3 Å². The van der Waals surface area contributed by atoms with Crippen LogP contribution in [0.2, 0.25) is 0 Å². The van der Waals surface area contributed by atoms with Gasteiger partial charge in [0.05, 0.1) is 24.7 Å². The van der Waals surface area contributed by atoms with Crippen molar-refractivity contribution in [1.82, 2.24) is 4.31 Å². The largest absolute Gasteiger partial charge is 0.347 e. The summed E-state index contributed by atoms with van der Waals surface area (Å²) in [5, 5.41) is 0. The molecule has 0 aromatic heterocycles. The smallest absolute Gasteiger partial charge is 0.242 e. The van der Waals surface area contributed by atoms with Gasteiger partial charge in [-0.25, -0.2) is 13.3 Å². The van der Waals surface area contributed by atoms with Crippen LogP contribution in [0.1, 0.15) is 12.8 Å². The Balaban J connectivity index is 1.75. The fourth-order valence-electron chi connectivity index (χ4n) is 2.69. The van der Waals surface area contributed by atoms with Crippen molar-refractivity contribution < 1.29 is 17.9 Å². The normalized spacial score (nSPS) is 22.2. The van der Waals surface area contributed by atoms with Gasteiger partial charge in [0, 0.05) is 25.9 Å². The number of sulfonamides is 1. The number of nitrogens with zero attached hydrogens (tertiary/aromatic N) is 2. The Morgan fingerprint density at radius 1 is 1.10 bits per heavy atom. The summed E-state index contributed by atoms with van der Waals surface area (Å²) in [5.74, 6) is -0.583. The first-order chi connectivity index (χ1) is 10.1. The van der Waals surface area contributed by atoms with Gasteiger partial charge in [-0.2, -0.15) is 4.31 Å². The highest BCUT2D eigenvalue weighted by atomic mass is 32.2. The average Bonchev–Trinajstić information content (AvgIpc) is 2.96. The molecule has 1 aromatic rings. The van der Waals surface area contributed by atoms with Crippen LogP contribution < -0.4 is 0 Å². The zero-order valence-electron chi connectivity index (χ0n) is 11.5. The quantitative estimate of drug-likeness (QED) is 0.781. The summed E-state index contributed by atoms with van der Waals surface area (Å²) in [5.41, 5.74) is 0.430. The number of piperidine rings is 1. The van der Waals surface area contributed by atoms with Crippen LogP contribution in [0.4, 0.5) is 5.69 Å². The zero-order valence-corrected chi connectivity index (χ0v) is 12.3. The summed E-state index contributed by atoms with van der Waals surface area (Å²) >= 11 is 0. The first kappa shape index (κ1) is 14.5. The molecule has 2 heterocycles. The number of rotatable bonds is 2. The van der Waals surface area contributed by atoms with Crippen LogP contribution in [-0.2, 0) is 19.5 Å². The van der Waals surface area contributed by atoms with E-state index in [4.69, 9.17) is 16.0 Å². The molecule has 2 fully saturated rings. The Morgan fingerprint density at radius 3 is 2.19 bits per heavy atom. The molecular weight excluding hydrogens is 292 g/mol. The van der Waals surface area contributed by atoms with Gasteiger partial charge in [0.25, 0.3) is 0 Å². The molecule has 112 valence electrons. The molecule has 3 rings (SSSR count). The number of hydrogen-bond donors (Lipinski definition) is 0. The van der Waals surface area contributed by atoms with Gasteiger partial charge in [-0.1, -0.05) is 24.3 Å². The molecule has 0 atom stereocenters. The molecule has 21 heavy (non-hydrogen) atoms. The second-order valence-corrected chi connectivity index (χ2v) is 7.06. The third kappa shape index (κ3) is 2.68. The van der Waals surface area contributed by atoms with E-state index in [0.717, 1.165) is 0 Å². The topological polar surface area (TPSA) is 60.2 Å². The van der Waals surface area contributed by atoms with E-state index in [2.05, 4.69) is 4.85 Å². The van der Waals surface area contributed by atoms with Crippen LogP contribution in [-0.4, -0.2) is 44.8 Å². The molecule has 1 aromatic carbocycles. The van der Waals surface area contributed by atoms with Crippen LogP contribution in [0.3, 0.4) is 0 Å². The van der Waals surface area contributed by atoms with E-state index in [9.17, 15) is 8.42 Å². The SMILES string of the molecule is [C-]#[N+]c1ccc(S(=O)(=O)N2CCC3(CC2)OCCO3)cc1. The molecule has 0 radical (unpaired) electrons. The summed E-state index contributed by atoms with van der Waals surface area (Å²) in [7, 11) is -3.51. The Hall–Kier alpha value is -1.46. The van der Waals surface area contributed by atoms with E-state index in [0.29, 0.717) is 44.8 Å². The average molecular weight is 308 g/mol. The lowest BCUT2D eigenvalue weighted by Crippen LogP contribution is -2.47. The van der Waals surface area contributed by atoms with Crippen molar-refractivity contribution >= 4 is 15.7 Å². The molecule has 0 amide bonds. The van der Waals surface area contributed by atoms with Crippen molar-refractivity contribution in [3.63, 3.8) is 0 Å². The second-order valence-electron chi connectivity index (χ2n) is 5.12. The molecule has 2 aliphatic heterocycles. The summed E-state index contributed by atoms with van der Waals surface area (Å²) in [4.78, 5) is 3.48. The van der Waals surface area contributed by atoms with Gasteiger partial charge in [-0.15, -0.1) is 0 Å². The van der Waals surface area contributed by atoms with E-state index >= 15 is 0 Å². The number of ether oxygens (including phenoxy) is 2. The Labute approximate surface area is 124 Å². The molecule has 7 heteroatoms. The molecule has 0 saturated carbocycles. The molecule has 0 bridgehead atoms. The number of hydrogen-bond acceptors (Lipinski definition) is 4. The van der Waals surface area contributed by atoms with Crippen molar-refractivity contribution in [1.29, 1.82) is 0 Å². The first-order valence-corrected chi connectivity index (χ1v) is 8.25. The van der Waals surface area contributed by atoms with Crippen LogP contribution in [0.25, 0.3) is 4.85 Å².